The molecular formula is C15H19ClFNO2. The Balaban J connectivity index is 2.06. The van der Waals surface area contributed by atoms with Crippen molar-refractivity contribution in [2.75, 3.05) is 19.7 Å². The van der Waals surface area contributed by atoms with Gasteiger partial charge in [-0.3, -0.25) is 4.79 Å². The number of rotatable bonds is 3. The number of likely N-dealkylation sites (tertiary alicyclic amines) is 1. The fourth-order valence-corrected chi connectivity index (χ4v) is 2.80. The Morgan fingerprint density at radius 2 is 2.10 bits per heavy atom. The number of carbonyl (C=O) groups is 1. The molecule has 3 nitrogen and oxygen atoms in total. The van der Waals surface area contributed by atoms with Crippen molar-refractivity contribution in [2.24, 2.45) is 5.41 Å². The third-order valence-electron chi connectivity index (χ3n) is 4.36. The second-order valence-electron chi connectivity index (χ2n) is 5.43. The molecule has 1 aromatic rings. The van der Waals surface area contributed by atoms with Crippen LogP contribution in [0, 0.1) is 11.2 Å². The minimum absolute atomic E-state index is 0.0360. The zero-order valence-electron chi connectivity index (χ0n) is 11.5. The van der Waals surface area contributed by atoms with Gasteiger partial charge in [0, 0.05) is 25.3 Å². The van der Waals surface area contributed by atoms with E-state index in [0.717, 1.165) is 19.3 Å². The SMILES string of the molecule is CCC1(CO)CCN(C(=O)c2ccc(F)c(Cl)c2)CC1. The third-order valence-corrected chi connectivity index (χ3v) is 4.65. The highest BCUT2D eigenvalue weighted by atomic mass is 35.5. The first kappa shape index (κ1) is 15.3. The van der Waals surface area contributed by atoms with E-state index in [4.69, 9.17) is 11.6 Å². The summed E-state index contributed by atoms with van der Waals surface area (Å²) in [6.45, 7) is 3.45. The monoisotopic (exact) mass is 299 g/mol. The number of piperidine rings is 1. The van der Waals surface area contributed by atoms with Gasteiger partial charge in [-0.1, -0.05) is 18.5 Å². The fourth-order valence-electron chi connectivity index (χ4n) is 2.62. The molecule has 20 heavy (non-hydrogen) atoms. The van der Waals surface area contributed by atoms with Crippen molar-refractivity contribution in [3.63, 3.8) is 0 Å². The summed E-state index contributed by atoms with van der Waals surface area (Å²) in [6.07, 6.45) is 2.50. The molecule has 1 heterocycles. The topological polar surface area (TPSA) is 40.5 Å². The summed E-state index contributed by atoms with van der Waals surface area (Å²) >= 11 is 5.71. The molecule has 0 saturated carbocycles. The zero-order valence-corrected chi connectivity index (χ0v) is 12.3. The minimum atomic E-state index is -0.521. The molecule has 0 bridgehead atoms. The molecule has 1 saturated heterocycles. The number of aliphatic hydroxyl groups is 1. The van der Waals surface area contributed by atoms with Crippen LogP contribution in [0.5, 0.6) is 0 Å². The van der Waals surface area contributed by atoms with Gasteiger partial charge < -0.3 is 10.0 Å². The van der Waals surface area contributed by atoms with E-state index in [-0.39, 0.29) is 23.0 Å². The van der Waals surface area contributed by atoms with Crippen molar-refractivity contribution in [3.05, 3.63) is 34.6 Å². The van der Waals surface area contributed by atoms with Gasteiger partial charge in [-0.2, -0.15) is 0 Å². The first-order chi connectivity index (χ1) is 9.51. The maximum atomic E-state index is 13.1. The quantitative estimate of drug-likeness (QED) is 0.931. The molecule has 0 aliphatic carbocycles. The van der Waals surface area contributed by atoms with Crippen LogP contribution in [0.15, 0.2) is 18.2 Å². The molecule has 1 fully saturated rings. The predicted octanol–water partition coefficient (Wildman–Crippen LogP) is 3.10. The van der Waals surface area contributed by atoms with Gasteiger partial charge in [0.2, 0.25) is 0 Å². The second kappa shape index (κ2) is 6.10. The minimum Gasteiger partial charge on any atom is -0.396 e. The summed E-state index contributed by atoms with van der Waals surface area (Å²) in [6, 6.07) is 4.04. The maximum Gasteiger partial charge on any atom is 0.253 e. The van der Waals surface area contributed by atoms with Gasteiger partial charge in [0.05, 0.1) is 5.02 Å². The van der Waals surface area contributed by atoms with Gasteiger partial charge in [0.1, 0.15) is 5.82 Å². The number of halogens is 2. The highest BCUT2D eigenvalue weighted by Crippen LogP contribution is 2.34. The average molecular weight is 300 g/mol. The van der Waals surface area contributed by atoms with E-state index in [2.05, 4.69) is 6.92 Å². The molecule has 1 aromatic carbocycles. The van der Waals surface area contributed by atoms with Crippen LogP contribution in [-0.4, -0.2) is 35.6 Å². The van der Waals surface area contributed by atoms with Crippen LogP contribution in [-0.2, 0) is 0 Å². The van der Waals surface area contributed by atoms with E-state index < -0.39 is 5.82 Å². The highest BCUT2D eigenvalue weighted by Gasteiger charge is 2.34. The van der Waals surface area contributed by atoms with Crippen LogP contribution in [0.3, 0.4) is 0 Å². The van der Waals surface area contributed by atoms with Crippen LogP contribution >= 0.6 is 11.6 Å². The lowest BCUT2D eigenvalue weighted by atomic mass is 9.77. The molecule has 110 valence electrons. The lowest BCUT2D eigenvalue weighted by Crippen LogP contribution is -2.44. The third kappa shape index (κ3) is 2.96. The fraction of sp³-hybridized carbons (Fsp3) is 0.533. The number of nitrogens with zero attached hydrogens (tertiary/aromatic N) is 1. The van der Waals surface area contributed by atoms with Crippen molar-refractivity contribution in [1.82, 2.24) is 4.90 Å². The van der Waals surface area contributed by atoms with Gasteiger partial charge in [-0.25, -0.2) is 4.39 Å². The Morgan fingerprint density at radius 3 is 2.60 bits per heavy atom. The normalized spacial score (nSPS) is 18.1. The molecule has 2 rings (SSSR count). The van der Waals surface area contributed by atoms with Crippen LogP contribution in [0.4, 0.5) is 4.39 Å². The summed E-state index contributed by atoms with van der Waals surface area (Å²) in [4.78, 5) is 14.1. The summed E-state index contributed by atoms with van der Waals surface area (Å²) in [7, 11) is 0. The number of hydrogen-bond acceptors (Lipinski definition) is 2. The summed E-state index contributed by atoms with van der Waals surface area (Å²) in [5, 5.41) is 9.45. The van der Waals surface area contributed by atoms with Gasteiger partial charge in [-0.05, 0) is 42.9 Å². The van der Waals surface area contributed by atoms with Gasteiger partial charge in [-0.15, -0.1) is 0 Å². The number of aliphatic hydroxyl groups excluding tert-OH is 1. The summed E-state index contributed by atoms with van der Waals surface area (Å²) in [5.74, 6) is -0.651. The predicted molar refractivity (Wildman–Crippen MR) is 76.4 cm³/mol. The van der Waals surface area contributed by atoms with E-state index in [1.54, 1.807) is 4.90 Å². The summed E-state index contributed by atoms with van der Waals surface area (Å²) < 4.78 is 13.1. The number of benzene rings is 1. The van der Waals surface area contributed by atoms with Crippen molar-refractivity contribution in [1.29, 1.82) is 0 Å². The van der Waals surface area contributed by atoms with E-state index in [9.17, 15) is 14.3 Å². The molecule has 5 heteroatoms. The Morgan fingerprint density at radius 1 is 1.45 bits per heavy atom. The maximum absolute atomic E-state index is 13.1. The van der Waals surface area contributed by atoms with Crippen LogP contribution in [0.25, 0.3) is 0 Å². The first-order valence-corrected chi connectivity index (χ1v) is 7.24. The lowest BCUT2D eigenvalue weighted by molar-refractivity contribution is 0.0338. The van der Waals surface area contributed by atoms with Crippen molar-refractivity contribution in [3.8, 4) is 0 Å². The smallest absolute Gasteiger partial charge is 0.253 e. The van der Waals surface area contributed by atoms with E-state index >= 15 is 0 Å². The Bertz CT molecular complexity index is 493. The zero-order chi connectivity index (χ0) is 14.8. The Kier molecular flexibility index (Phi) is 4.66. The molecule has 1 aliphatic heterocycles. The number of carbonyl (C=O) groups excluding carboxylic acids is 1. The van der Waals surface area contributed by atoms with Gasteiger partial charge in [0.15, 0.2) is 0 Å². The van der Waals surface area contributed by atoms with Crippen molar-refractivity contribution >= 4 is 17.5 Å². The molecule has 0 atom stereocenters. The number of hydrogen-bond donors (Lipinski definition) is 1. The highest BCUT2D eigenvalue weighted by molar-refractivity contribution is 6.31. The van der Waals surface area contributed by atoms with Gasteiger partial charge in [0.25, 0.3) is 5.91 Å². The average Bonchev–Trinajstić information content (AvgIpc) is 2.49. The molecule has 0 unspecified atom stereocenters. The molecular weight excluding hydrogens is 281 g/mol. The van der Waals surface area contributed by atoms with Crippen molar-refractivity contribution < 1.29 is 14.3 Å². The second-order valence-corrected chi connectivity index (χ2v) is 5.84. The van der Waals surface area contributed by atoms with Gasteiger partial charge >= 0.3 is 0 Å². The van der Waals surface area contributed by atoms with Crippen LogP contribution in [0.1, 0.15) is 36.5 Å². The molecule has 0 spiro atoms. The van der Waals surface area contributed by atoms with Crippen LogP contribution in [0.2, 0.25) is 5.02 Å². The Labute approximate surface area is 123 Å². The van der Waals surface area contributed by atoms with Crippen LogP contribution < -0.4 is 0 Å². The molecule has 1 amide bonds. The molecule has 1 aliphatic rings. The molecule has 1 N–H and O–H groups in total. The lowest BCUT2D eigenvalue weighted by Gasteiger charge is -2.40. The Hall–Kier alpha value is -1.13. The first-order valence-electron chi connectivity index (χ1n) is 6.86. The van der Waals surface area contributed by atoms with E-state index in [1.807, 2.05) is 0 Å². The standard InChI is InChI=1S/C15H19ClFNO2/c1-2-15(10-19)5-7-18(8-6-15)14(20)11-3-4-13(17)12(16)9-11/h3-4,9,19H,2,5-8,10H2,1H3. The number of amides is 1. The summed E-state index contributed by atoms with van der Waals surface area (Å²) in [5.41, 5.74) is 0.349. The van der Waals surface area contributed by atoms with E-state index in [0.29, 0.717) is 18.7 Å². The molecule has 0 radical (unpaired) electrons. The van der Waals surface area contributed by atoms with E-state index in [1.165, 1.54) is 18.2 Å². The molecule has 0 aromatic heterocycles. The largest absolute Gasteiger partial charge is 0.396 e. The van der Waals surface area contributed by atoms with Crippen molar-refractivity contribution in [2.45, 2.75) is 26.2 Å².